The summed E-state index contributed by atoms with van der Waals surface area (Å²) >= 11 is 0. The van der Waals surface area contributed by atoms with Crippen LogP contribution in [0.3, 0.4) is 0 Å². The minimum Gasteiger partial charge on any atom is -0.289 e. The van der Waals surface area contributed by atoms with Crippen LogP contribution in [0.5, 0.6) is 0 Å². The summed E-state index contributed by atoms with van der Waals surface area (Å²) in [5.41, 5.74) is -0.765. The van der Waals surface area contributed by atoms with Gasteiger partial charge in [0.05, 0.1) is 10.5 Å². The zero-order valence-corrected chi connectivity index (χ0v) is 10.4. The van der Waals surface area contributed by atoms with Crippen molar-refractivity contribution in [1.29, 1.82) is 0 Å². The Morgan fingerprint density at radius 1 is 0.905 bits per heavy atom. The predicted octanol–water partition coefficient (Wildman–Crippen LogP) is 3.84. The number of nitrogens with zero attached hydrogens (tertiary/aromatic N) is 1. The number of halogens is 3. The van der Waals surface area contributed by atoms with Gasteiger partial charge >= 0.3 is 6.18 Å². The lowest BCUT2D eigenvalue weighted by atomic mass is 10.0. The van der Waals surface area contributed by atoms with E-state index in [-0.39, 0.29) is 16.8 Å². The van der Waals surface area contributed by atoms with Gasteiger partial charge in [-0.1, -0.05) is 12.1 Å². The molecule has 0 aliphatic carbocycles. The van der Waals surface area contributed by atoms with Crippen LogP contribution in [0.2, 0.25) is 0 Å². The average Bonchev–Trinajstić information content (AvgIpc) is 2.46. The quantitative estimate of drug-likeness (QED) is 0.491. The fourth-order valence-corrected chi connectivity index (χ4v) is 1.71. The van der Waals surface area contributed by atoms with E-state index in [1.54, 1.807) is 0 Å². The lowest BCUT2D eigenvalue weighted by molar-refractivity contribution is -0.384. The Bertz CT molecular complexity index is 676. The lowest BCUT2D eigenvalue weighted by Gasteiger charge is -2.07. The van der Waals surface area contributed by atoms with Crippen LogP contribution in [-0.2, 0) is 6.18 Å². The molecule has 0 unspecified atom stereocenters. The molecule has 0 fully saturated rings. The molecule has 2 aromatic carbocycles. The molecule has 0 saturated carbocycles. The van der Waals surface area contributed by atoms with E-state index >= 15 is 0 Å². The molecule has 0 heterocycles. The standard InChI is InChI=1S/C14H8F3NO3/c15-14(16,17)11-5-1-9(2-6-11)13(19)10-3-7-12(8-4-10)18(20)21/h1-8H. The Balaban J connectivity index is 2.25. The number of rotatable bonds is 3. The number of non-ortho nitro benzene ring substituents is 1. The molecule has 2 rings (SSSR count). The molecule has 108 valence electrons. The summed E-state index contributed by atoms with van der Waals surface area (Å²) in [7, 11) is 0. The maximum absolute atomic E-state index is 12.4. The second-order valence-electron chi connectivity index (χ2n) is 4.21. The topological polar surface area (TPSA) is 60.2 Å². The molecule has 0 spiro atoms. The van der Waals surface area contributed by atoms with Crippen molar-refractivity contribution in [2.75, 3.05) is 0 Å². The largest absolute Gasteiger partial charge is 0.416 e. The van der Waals surface area contributed by atoms with Crippen LogP contribution in [0.15, 0.2) is 48.5 Å². The van der Waals surface area contributed by atoms with Crippen molar-refractivity contribution in [3.8, 4) is 0 Å². The second kappa shape index (κ2) is 5.35. The summed E-state index contributed by atoms with van der Waals surface area (Å²) in [6, 6.07) is 8.64. The first kappa shape index (κ1) is 14.7. The highest BCUT2D eigenvalue weighted by molar-refractivity contribution is 6.09. The Hall–Kier alpha value is -2.70. The fourth-order valence-electron chi connectivity index (χ4n) is 1.71. The summed E-state index contributed by atoms with van der Waals surface area (Å²) in [5, 5.41) is 10.5. The van der Waals surface area contributed by atoms with Gasteiger partial charge in [0.25, 0.3) is 5.69 Å². The zero-order valence-electron chi connectivity index (χ0n) is 10.4. The molecule has 2 aromatic rings. The summed E-state index contributed by atoms with van der Waals surface area (Å²) in [6.45, 7) is 0. The van der Waals surface area contributed by atoms with Gasteiger partial charge in [0.1, 0.15) is 0 Å². The van der Waals surface area contributed by atoms with E-state index in [1.165, 1.54) is 12.1 Å². The van der Waals surface area contributed by atoms with E-state index < -0.39 is 22.4 Å². The normalized spacial score (nSPS) is 11.2. The molecule has 0 aliphatic heterocycles. The number of ketones is 1. The van der Waals surface area contributed by atoms with Gasteiger partial charge in [0.15, 0.2) is 5.78 Å². The van der Waals surface area contributed by atoms with E-state index in [0.29, 0.717) is 0 Å². The summed E-state index contributed by atoms with van der Waals surface area (Å²) < 4.78 is 37.2. The second-order valence-corrected chi connectivity index (χ2v) is 4.21. The predicted molar refractivity (Wildman–Crippen MR) is 68.0 cm³/mol. The third-order valence-corrected chi connectivity index (χ3v) is 2.81. The molecule has 4 nitrogen and oxygen atoms in total. The van der Waals surface area contributed by atoms with Crippen LogP contribution < -0.4 is 0 Å². The van der Waals surface area contributed by atoms with Gasteiger partial charge in [-0.15, -0.1) is 0 Å². The number of nitro benzene ring substituents is 1. The Labute approximate surface area is 117 Å². The van der Waals surface area contributed by atoms with Crippen LogP contribution in [0.25, 0.3) is 0 Å². The molecule has 0 atom stereocenters. The van der Waals surface area contributed by atoms with Crippen LogP contribution in [0, 0.1) is 10.1 Å². The van der Waals surface area contributed by atoms with Gasteiger partial charge in [0.2, 0.25) is 0 Å². The smallest absolute Gasteiger partial charge is 0.289 e. The maximum Gasteiger partial charge on any atom is 0.416 e. The number of hydrogen-bond donors (Lipinski definition) is 0. The highest BCUT2D eigenvalue weighted by Crippen LogP contribution is 2.29. The van der Waals surface area contributed by atoms with Crippen molar-refractivity contribution in [1.82, 2.24) is 0 Å². The van der Waals surface area contributed by atoms with Crippen molar-refractivity contribution in [3.63, 3.8) is 0 Å². The van der Waals surface area contributed by atoms with E-state index in [1.807, 2.05) is 0 Å². The molecule has 0 aliphatic rings. The van der Waals surface area contributed by atoms with Crippen molar-refractivity contribution >= 4 is 11.5 Å². The van der Waals surface area contributed by atoms with Gasteiger partial charge in [-0.3, -0.25) is 14.9 Å². The minimum atomic E-state index is -4.46. The number of carbonyl (C=O) groups is 1. The van der Waals surface area contributed by atoms with Gasteiger partial charge in [0, 0.05) is 23.3 Å². The molecule has 7 heteroatoms. The minimum absolute atomic E-state index is 0.0804. The van der Waals surface area contributed by atoms with Crippen LogP contribution >= 0.6 is 0 Å². The third-order valence-electron chi connectivity index (χ3n) is 2.81. The van der Waals surface area contributed by atoms with Crippen LogP contribution in [0.4, 0.5) is 18.9 Å². The number of hydrogen-bond acceptors (Lipinski definition) is 3. The molecular weight excluding hydrogens is 287 g/mol. The Kier molecular flexibility index (Phi) is 3.75. The SMILES string of the molecule is O=C(c1ccc([N+](=O)[O-])cc1)c1ccc(C(F)(F)F)cc1. The monoisotopic (exact) mass is 295 g/mol. The molecule has 0 saturated heterocycles. The van der Waals surface area contributed by atoms with Crippen molar-refractivity contribution in [2.45, 2.75) is 6.18 Å². The molecule has 0 bridgehead atoms. The molecule has 0 amide bonds. The summed E-state index contributed by atoms with van der Waals surface area (Å²) in [6.07, 6.45) is -4.46. The highest BCUT2D eigenvalue weighted by atomic mass is 19.4. The van der Waals surface area contributed by atoms with Gasteiger partial charge in [-0.25, -0.2) is 0 Å². The number of carbonyl (C=O) groups excluding carboxylic acids is 1. The third kappa shape index (κ3) is 3.25. The fraction of sp³-hybridized carbons (Fsp3) is 0.0714. The van der Waals surface area contributed by atoms with Crippen molar-refractivity contribution in [3.05, 3.63) is 75.3 Å². The van der Waals surface area contributed by atoms with E-state index in [9.17, 15) is 28.1 Å². The molecule has 0 radical (unpaired) electrons. The van der Waals surface area contributed by atoms with E-state index in [4.69, 9.17) is 0 Å². The molecular formula is C14H8F3NO3. The summed E-state index contributed by atoms with van der Waals surface area (Å²) in [4.78, 5) is 21.9. The molecule has 0 N–H and O–H groups in total. The van der Waals surface area contributed by atoms with E-state index in [0.717, 1.165) is 36.4 Å². The average molecular weight is 295 g/mol. The summed E-state index contributed by atoms with van der Waals surface area (Å²) in [5.74, 6) is -0.501. The van der Waals surface area contributed by atoms with Crippen LogP contribution in [-0.4, -0.2) is 10.7 Å². The first-order chi connectivity index (χ1) is 9.79. The Morgan fingerprint density at radius 2 is 1.33 bits per heavy atom. The first-order valence-electron chi connectivity index (χ1n) is 5.75. The highest BCUT2D eigenvalue weighted by Gasteiger charge is 2.30. The van der Waals surface area contributed by atoms with E-state index in [2.05, 4.69) is 0 Å². The molecule has 21 heavy (non-hydrogen) atoms. The van der Waals surface area contributed by atoms with Crippen LogP contribution in [0.1, 0.15) is 21.5 Å². The first-order valence-corrected chi connectivity index (χ1v) is 5.75. The lowest BCUT2D eigenvalue weighted by Crippen LogP contribution is -2.06. The van der Waals surface area contributed by atoms with Gasteiger partial charge < -0.3 is 0 Å². The molecule has 0 aromatic heterocycles. The zero-order chi connectivity index (χ0) is 15.6. The number of benzene rings is 2. The number of nitro groups is 1. The van der Waals surface area contributed by atoms with Crippen molar-refractivity contribution in [2.24, 2.45) is 0 Å². The number of alkyl halides is 3. The van der Waals surface area contributed by atoms with Gasteiger partial charge in [-0.05, 0) is 24.3 Å². The van der Waals surface area contributed by atoms with Gasteiger partial charge in [-0.2, -0.15) is 13.2 Å². The maximum atomic E-state index is 12.4. The van der Waals surface area contributed by atoms with Crippen molar-refractivity contribution < 1.29 is 22.9 Å². The Morgan fingerprint density at radius 3 is 1.71 bits per heavy atom.